The van der Waals surface area contributed by atoms with Crippen LogP contribution in [0.4, 0.5) is 0 Å². The number of thiophene rings is 1. The van der Waals surface area contributed by atoms with Gasteiger partial charge in [-0.15, -0.1) is 11.3 Å². The van der Waals surface area contributed by atoms with Crippen molar-refractivity contribution in [2.24, 2.45) is 0 Å². The Morgan fingerprint density at radius 2 is 2.36 bits per heavy atom. The first kappa shape index (κ1) is 6.86. The van der Waals surface area contributed by atoms with Crippen molar-refractivity contribution < 1.29 is 0 Å². The van der Waals surface area contributed by atoms with Gasteiger partial charge in [-0.2, -0.15) is 0 Å². The predicted molar refractivity (Wildman–Crippen MR) is 50.7 cm³/mol. The number of hydrogen-bond acceptors (Lipinski definition) is 1. The summed E-state index contributed by atoms with van der Waals surface area (Å²) in [5.41, 5.74) is 1.49. The molecule has 0 radical (unpaired) electrons. The molecule has 56 valence electrons. The molecule has 0 nitrogen and oxygen atoms in total. The average Bonchev–Trinajstić information content (AvgIpc) is 2.58. The van der Waals surface area contributed by atoms with Gasteiger partial charge >= 0.3 is 0 Å². The van der Waals surface area contributed by atoms with E-state index in [4.69, 9.17) is 0 Å². The lowest BCUT2D eigenvalue weighted by molar-refractivity contribution is 1.06. The normalized spacial score (nSPS) is 16.5. The molecule has 1 heteroatoms. The van der Waals surface area contributed by atoms with E-state index in [1.807, 2.05) is 11.3 Å². The van der Waals surface area contributed by atoms with Gasteiger partial charge in [-0.25, -0.2) is 0 Å². The van der Waals surface area contributed by atoms with E-state index in [1.165, 1.54) is 23.3 Å². The lowest BCUT2D eigenvalue weighted by Crippen LogP contribution is -1.82. The molecular formula is C10H10S. The summed E-state index contributed by atoms with van der Waals surface area (Å²) in [6, 6.07) is 4.30. The van der Waals surface area contributed by atoms with Crippen molar-refractivity contribution in [1.29, 1.82) is 0 Å². The maximum absolute atomic E-state index is 2.22. The molecule has 0 saturated heterocycles. The van der Waals surface area contributed by atoms with Gasteiger partial charge in [-0.3, -0.25) is 0 Å². The fourth-order valence-electron chi connectivity index (χ4n) is 1.27. The van der Waals surface area contributed by atoms with E-state index < -0.39 is 0 Å². The quantitative estimate of drug-likeness (QED) is 0.593. The summed E-state index contributed by atoms with van der Waals surface area (Å²) < 4.78 is 0. The third-order valence-corrected chi connectivity index (χ3v) is 2.80. The SMILES string of the molecule is C1=CCCC(c2cccs2)=C1. The molecule has 1 aromatic rings. The number of hydrogen-bond donors (Lipinski definition) is 0. The topological polar surface area (TPSA) is 0 Å². The van der Waals surface area contributed by atoms with Crippen molar-refractivity contribution in [1.82, 2.24) is 0 Å². The Hall–Kier alpha value is -0.820. The Morgan fingerprint density at radius 1 is 1.36 bits per heavy atom. The van der Waals surface area contributed by atoms with Crippen LogP contribution in [0.1, 0.15) is 17.7 Å². The van der Waals surface area contributed by atoms with Gasteiger partial charge in [0.1, 0.15) is 0 Å². The predicted octanol–water partition coefficient (Wildman–Crippen LogP) is 3.48. The largest absolute Gasteiger partial charge is 0.144 e. The van der Waals surface area contributed by atoms with E-state index >= 15 is 0 Å². The van der Waals surface area contributed by atoms with Crippen LogP contribution in [0, 0.1) is 0 Å². The summed E-state index contributed by atoms with van der Waals surface area (Å²) in [6.45, 7) is 0. The summed E-state index contributed by atoms with van der Waals surface area (Å²) in [6.07, 6.45) is 8.99. The zero-order valence-electron chi connectivity index (χ0n) is 6.29. The van der Waals surface area contributed by atoms with Gasteiger partial charge in [0.2, 0.25) is 0 Å². The van der Waals surface area contributed by atoms with Crippen molar-refractivity contribution >= 4 is 16.9 Å². The van der Waals surface area contributed by atoms with Crippen molar-refractivity contribution in [3.63, 3.8) is 0 Å². The van der Waals surface area contributed by atoms with E-state index in [9.17, 15) is 0 Å². The van der Waals surface area contributed by atoms with Crippen molar-refractivity contribution in [3.8, 4) is 0 Å². The molecule has 0 N–H and O–H groups in total. The maximum Gasteiger partial charge on any atom is 0.0302 e. The third kappa shape index (κ3) is 1.43. The van der Waals surface area contributed by atoms with E-state index in [-0.39, 0.29) is 0 Å². The molecule has 0 amide bonds. The van der Waals surface area contributed by atoms with Gasteiger partial charge in [0.05, 0.1) is 0 Å². The Labute approximate surface area is 70.9 Å². The summed E-state index contributed by atoms with van der Waals surface area (Å²) in [5.74, 6) is 0. The first-order chi connectivity index (χ1) is 5.47. The van der Waals surface area contributed by atoms with Gasteiger partial charge in [0.15, 0.2) is 0 Å². The molecular weight excluding hydrogens is 152 g/mol. The molecule has 1 aromatic heterocycles. The molecule has 0 atom stereocenters. The van der Waals surface area contributed by atoms with E-state index in [0.717, 1.165) is 0 Å². The lowest BCUT2D eigenvalue weighted by Gasteiger charge is -2.04. The zero-order valence-corrected chi connectivity index (χ0v) is 7.10. The Kier molecular flexibility index (Phi) is 1.91. The van der Waals surface area contributed by atoms with Crippen LogP contribution in [0.25, 0.3) is 5.57 Å². The smallest absolute Gasteiger partial charge is 0.0302 e. The molecule has 0 spiro atoms. The van der Waals surface area contributed by atoms with Crippen LogP contribution >= 0.6 is 11.3 Å². The number of rotatable bonds is 1. The minimum Gasteiger partial charge on any atom is -0.144 e. The Morgan fingerprint density at radius 3 is 3.00 bits per heavy atom. The first-order valence-electron chi connectivity index (χ1n) is 3.86. The van der Waals surface area contributed by atoms with Crippen molar-refractivity contribution in [3.05, 3.63) is 40.6 Å². The molecule has 1 heterocycles. The van der Waals surface area contributed by atoms with Crippen LogP contribution < -0.4 is 0 Å². The summed E-state index contributed by atoms with van der Waals surface area (Å²) >= 11 is 1.83. The summed E-state index contributed by atoms with van der Waals surface area (Å²) in [4.78, 5) is 1.43. The highest BCUT2D eigenvalue weighted by atomic mass is 32.1. The minimum atomic E-state index is 1.20. The molecule has 1 aliphatic rings. The van der Waals surface area contributed by atoms with Gasteiger partial charge in [0.25, 0.3) is 0 Å². The molecule has 11 heavy (non-hydrogen) atoms. The van der Waals surface area contributed by atoms with Crippen LogP contribution in [0.15, 0.2) is 35.7 Å². The van der Waals surface area contributed by atoms with Gasteiger partial charge < -0.3 is 0 Å². The van der Waals surface area contributed by atoms with Crippen molar-refractivity contribution in [2.45, 2.75) is 12.8 Å². The van der Waals surface area contributed by atoms with Gasteiger partial charge in [0, 0.05) is 4.88 Å². The second-order valence-electron chi connectivity index (χ2n) is 2.64. The van der Waals surface area contributed by atoms with Crippen LogP contribution in [0.3, 0.4) is 0 Å². The second kappa shape index (κ2) is 3.05. The fourth-order valence-corrected chi connectivity index (χ4v) is 2.05. The fraction of sp³-hybridized carbons (Fsp3) is 0.200. The highest BCUT2D eigenvalue weighted by Crippen LogP contribution is 2.26. The minimum absolute atomic E-state index is 1.20. The molecule has 0 aromatic carbocycles. The molecule has 0 fully saturated rings. The number of allylic oxidation sites excluding steroid dienone is 4. The molecule has 1 aliphatic carbocycles. The first-order valence-corrected chi connectivity index (χ1v) is 4.74. The molecule has 0 saturated carbocycles. The maximum atomic E-state index is 2.22. The van der Waals surface area contributed by atoms with E-state index in [1.54, 1.807) is 0 Å². The third-order valence-electron chi connectivity index (χ3n) is 1.85. The average molecular weight is 162 g/mol. The highest BCUT2D eigenvalue weighted by molar-refractivity contribution is 7.11. The lowest BCUT2D eigenvalue weighted by atomic mass is 10.0. The Balaban J connectivity index is 2.29. The van der Waals surface area contributed by atoms with E-state index in [0.29, 0.717) is 0 Å². The monoisotopic (exact) mass is 162 g/mol. The van der Waals surface area contributed by atoms with Crippen molar-refractivity contribution in [2.75, 3.05) is 0 Å². The zero-order chi connectivity index (χ0) is 7.52. The molecule has 0 unspecified atom stereocenters. The van der Waals surface area contributed by atoms with Crippen LogP contribution in [0.2, 0.25) is 0 Å². The summed E-state index contributed by atoms with van der Waals surface area (Å²) in [7, 11) is 0. The van der Waals surface area contributed by atoms with Gasteiger partial charge in [-0.05, 0) is 29.9 Å². The molecule has 0 bridgehead atoms. The molecule has 0 aliphatic heterocycles. The van der Waals surface area contributed by atoms with Gasteiger partial charge in [-0.1, -0.05) is 24.3 Å². The second-order valence-corrected chi connectivity index (χ2v) is 3.58. The molecule has 2 rings (SSSR count). The summed E-state index contributed by atoms with van der Waals surface area (Å²) in [5, 5.41) is 2.13. The Bertz CT molecular complexity index is 278. The van der Waals surface area contributed by atoms with Crippen LogP contribution in [-0.4, -0.2) is 0 Å². The van der Waals surface area contributed by atoms with E-state index in [2.05, 4.69) is 35.7 Å². The standard InChI is InChI=1S/C10H10S/c1-2-5-9(6-3-1)10-7-4-8-11-10/h1-2,4-5,7-8H,3,6H2. The van der Waals surface area contributed by atoms with Crippen LogP contribution in [-0.2, 0) is 0 Å². The highest BCUT2D eigenvalue weighted by Gasteiger charge is 2.02. The van der Waals surface area contributed by atoms with Crippen LogP contribution in [0.5, 0.6) is 0 Å².